The van der Waals surface area contributed by atoms with Crippen LogP contribution in [0.25, 0.3) is 0 Å². The molecule has 3 N–H and O–H groups in total. The fraction of sp³-hybridized carbons (Fsp3) is 0.364. The third-order valence-corrected chi connectivity index (χ3v) is 2.98. The maximum Gasteiger partial charge on any atom is 0.234 e. The first-order valence-electron chi connectivity index (χ1n) is 4.97. The van der Waals surface area contributed by atoms with E-state index in [4.69, 9.17) is 17.3 Å². The number of benzene rings is 1. The third-order valence-electron chi connectivity index (χ3n) is 2.74. The molecule has 1 saturated heterocycles. The monoisotopic (exact) mass is 224 g/mol. The number of hydrogen-bond acceptors (Lipinski definition) is 2. The Balaban J connectivity index is 2.11. The molecule has 80 valence electrons. The highest BCUT2D eigenvalue weighted by atomic mass is 35.5. The van der Waals surface area contributed by atoms with E-state index in [1.807, 2.05) is 24.3 Å². The molecule has 1 fully saturated rings. The van der Waals surface area contributed by atoms with Crippen molar-refractivity contribution in [3.63, 3.8) is 0 Å². The first-order chi connectivity index (χ1) is 7.16. The van der Waals surface area contributed by atoms with Crippen LogP contribution in [0.3, 0.4) is 0 Å². The number of nitrogens with one attached hydrogen (secondary N) is 1. The number of rotatable bonds is 2. The van der Waals surface area contributed by atoms with Crippen LogP contribution < -0.4 is 11.1 Å². The summed E-state index contributed by atoms with van der Waals surface area (Å²) in [7, 11) is 0. The number of carbonyl (C=O) groups excluding carboxylic acids is 1. The van der Waals surface area contributed by atoms with Gasteiger partial charge in [0.05, 0.1) is 6.04 Å². The lowest BCUT2D eigenvalue weighted by Crippen LogP contribution is -2.37. The largest absolute Gasteiger partial charge is 0.368 e. The van der Waals surface area contributed by atoms with Gasteiger partial charge < -0.3 is 5.73 Å². The van der Waals surface area contributed by atoms with E-state index >= 15 is 0 Å². The zero-order chi connectivity index (χ0) is 10.8. The summed E-state index contributed by atoms with van der Waals surface area (Å²) in [6, 6.07) is 7.67. The van der Waals surface area contributed by atoms with Crippen molar-refractivity contribution in [3.05, 3.63) is 34.9 Å². The number of nitrogens with two attached hydrogens (primary N) is 1. The summed E-state index contributed by atoms with van der Waals surface area (Å²) in [6.07, 6.45) is 1.72. The van der Waals surface area contributed by atoms with Gasteiger partial charge in [-0.2, -0.15) is 0 Å². The summed E-state index contributed by atoms with van der Waals surface area (Å²) in [5.41, 5.74) is 6.36. The molecule has 0 spiro atoms. The van der Waals surface area contributed by atoms with Gasteiger partial charge in [-0.1, -0.05) is 23.7 Å². The molecule has 1 amide bonds. The van der Waals surface area contributed by atoms with Crippen molar-refractivity contribution in [2.24, 2.45) is 5.73 Å². The minimum Gasteiger partial charge on any atom is -0.368 e. The summed E-state index contributed by atoms with van der Waals surface area (Å²) in [4.78, 5) is 11.0. The SMILES string of the molecule is NC(=O)C1CCC(c2cccc(Cl)c2)N1. The average molecular weight is 225 g/mol. The molecule has 2 unspecified atom stereocenters. The molecule has 0 aromatic heterocycles. The van der Waals surface area contributed by atoms with Crippen LogP contribution in [0.4, 0.5) is 0 Å². The molecule has 1 heterocycles. The minimum atomic E-state index is -0.278. The highest BCUT2D eigenvalue weighted by Crippen LogP contribution is 2.27. The van der Waals surface area contributed by atoms with Gasteiger partial charge in [-0.25, -0.2) is 0 Å². The summed E-state index contributed by atoms with van der Waals surface area (Å²) in [5.74, 6) is -0.278. The first kappa shape index (κ1) is 10.5. The van der Waals surface area contributed by atoms with Crippen LogP contribution in [0.1, 0.15) is 24.4 Å². The van der Waals surface area contributed by atoms with E-state index in [1.165, 1.54) is 0 Å². The van der Waals surface area contributed by atoms with Gasteiger partial charge in [0, 0.05) is 11.1 Å². The second-order valence-corrected chi connectivity index (χ2v) is 4.24. The van der Waals surface area contributed by atoms with E-state index in [2.05, 4.69) is 5.32 Å². The highest BCUT2D eigenvalue weighted by Gasteiger charge is 2.28. The fourth-order valence-corrected chi connectivity index (χ4v) is 2.15. The van der Waals surface area contributed by atoms with Gasteiger partial charge in [-0.05, 0) is 30.5 Å². The minimum absolute atomic E-state index is 0.196. The predicted molar refractivity (Wildman–Crippen MR) is 59.5 cm³/mol. The molecular weight excluding hydrogens is 212 g/mol. The lowest BCUT2D eigenvalue weighted by molar-refractivity contribution is -0.119. The van der Waals surface area contributed by atoms with E-state index in [0.29, 0.717) is 0 Å². The van der Waals surface area contributed by atoms with Gasteiger partial charge >= 0.3 is 0 Å². The van der Waals surface area contributed by atoms with E-state index < -0.39 is 0 Å². The Morgan fingerprint density at radius 1 is 1.47 bits per heavy atom. The first-order valence-corrected chi connectivity index (χ1v) is 5.35. The van der Waals surface area contributed by atoms with Gasteiger partial charge in [-0.15, -0.1) is 0 Å². The molecular formula is C11H13ClN2O. The highest BCUT2D eigenvalue weighted by molar-refractivity contribution is 6.30. The Hall–Kier alpha value is -1.06. The van der Waals surface area contributed by atoms with Crippen molar-refractivity contribution in [2.45, 2.75) is 24.9 Å². The van der Waals surface area contributed by atoms with Crippen molar-refractivity contribution in [3.8, 4) is 0 Å². The molecule has 1 aliphatic heterocycles. The summed E-state index contributed by atoms with van der Waals surface area (Å²) in [6.45, 7) is 0. The average Bonchev–Trinajstić information content (AvgIpc) is 2.66. The number of carbonyl (C=O) groups is 1. The van der Waals surface area contributed by atoms with Crippen LogP contribution in [-0.4, -0.2) is 11.9 Å². The topological polar surface area (TPSA) is 55.1 Å². The van der Waals surface area contributed by atoms with Crippen molar-refractivity contribution < 1.29 is 4.79 Å². The Morgan fingerprint density at radius 3 is 2.87 bits per heavy atom. The van der Waals surface area contributed by atoms with Gasteiger partial charge in [0.1, 0.15) is 0 Å². The van der Waals surface area contributed by atoms with E-state index in [0.717, 1.165) is 23.4 Å². The standard InChI is InChI=1S/C11H13ClN2O/c12-8-3-1-2-7(6-8)9-4-5-10(14-9)11(13)15/h1-3,6,9-10,14H,4-5H2,(H2,13,15). The van der Waals surface area contributed by atoms with Gasteiger partial charge in [-0.3, -0.25) is 10.1 Å². The number of amides is 1. The van der Waals surface area contributed by atoms with Crippen molar-refractivity contribution in [1.29, 1.82) is 0 Å². The number of halogens is 1. The van der Waals surface area contributed by atoms with Crippen LogP contribution in [-0.2, 0) is 4.79 Å². The molecule has 15 heavy (non-hydrogen) atoms. The van der Waals surface area contributed by atoms with Gasteiger partial charge in [0.15, 0.2) is 0 Å². The van der Waals surface area contributed by atoms with Crippen LogP contribution in [0.5, 0.6) is 0 Å². The van der Waals surface area contributed by atoms with Crippen LogP contribution in [0.2, 0.25) is 5.02 Å². The molecule has 1 aliphatic rings. The smallest absolute Gasteiger partial charge is 0.234 e. The quantitative estimate of drug-likeness (QED) is 0.802. The third kappa shape index (κ3) is 2.30. The van der Waals surface area contributed by atoms with Gasteiger partial charge in [0.25, 0.3) is 0 Å². The van der Waals surface area contributed by atoms with Gasteiger partial charge in [0.2, 0.25) is 5.91 Å². The Morgan fingerprint density at radius 2 is 2.27 bits per heavy atom. The Kier molecular flexibility index (Phi) is 2.93. The molecule has 0 radical (unpaired) electrons. The molecule has 4 heteroatoms. The van der Waals surface area contributed by atoms with Crippen LogP contribution in [0.15, 0.2) is 24.3 Å². The maximum absolute atomic E-state index is 11.0. The molecule has 0 aliphatic carbocycles. The summed E-state index contributed by atoms with van der Waals surface area (Å²) < 4.78 is 0. The summed E-state index contributed by atoms with van der Waals surface area (Å²) >= 11 is 5.90. The lowest BCUT2D eigenvalue weighted by atomic mass is 10.1. The Bertz CT molecular complexity index is 381. The lowest BCUT2D eigenvalue weighted by Gasteiger charge is -2.12. The molecule has 0 saturated carbocycles. The molecule has 0 bridgehead atoms. The Labute approximate surface area is 93.6 Å². The molecule has 1 aromatic rings. The van der Waals surface area contributed by atoms with Crippen molar-refractivity contribution in [2.75, 3.05) is 0 Å². The van der Waals surface area contributed by atoms with E-state index in [9.17, 15) is 4.79 Å². The maximum atomic E-state index is 11.0. The molecule has 3 nitrogen and oxygen atoms in total. The second-order valence-electron chi connectivity index (χ2n) is 3.81. The van der Waals surface area contributed by atoms with E-state index in [-0.39, 0.29) is 18.0 Å². The van der Waals surface area contributed by atoms with E-state index in [1.54, 1.807) is 0 Å². The molecule has 2 rings (SSSR count). The predicted octanol–water partition coefficient (Wildman–Crippen LogP) is 1.62. The normalized spacial score (nSPS) is 25.4. The summed E-state index contributed by atoms with van der Waals surface area (Å²) in [5, 5.41) is 3.92. The zero-order valence-corrected chi connectivity index (χ0v) is 9.00. The molecule has 1 aromatic carbocycles. The molecule has 2 atom stereocenters. The number of primary amides is 1. The van der Waals surface area contributed by atoms with Crippen LogP contribution >= 0.6 is 11.6 Å². The fourth-order valence-electron chi connectivity index (χ4n) is 1.95. The van der Waals surface area contributed by atoms with Crippen molar-refractivity contribution in [1.82, 2.24) is 5.32 Å². The number of hydrogen-bond donors (Lipinski definition) is 2. The zero-order valence-electron chi connectivity index (χ0n) is 8.24. The second kappa shape index (κ2) is 4.21. The van der Waals surface area contributed by atoms with Crippen LogP contribution in [0, 0.1) is 0 Å². The van der Waals surface area contributed by atoms with Crippen molar-refractivity contribution >= 4 is 17.5 Å².